The van der Waals surface area contributed by atoms with Crippen LogP contribution in [0.5, 0.6) is 0 Å². The van der Waals surface area contributed by atoms with Crippen LogP contribution in [0.2, 0.25) is 0 Å². The van der Waals surface area contributed by atoms with Gasteiger partial charge in [0.1, 0.15) is 5.82 Å². The van der Waals surface area contributed by atoms with Gasteiger partial charge in [-0.15, -0.1) is 0 Å². The number of fused-ring (bicyclic) bond motifs is 1. The summed E-state index contributed by atoms with van der Waals surface area (Å²) in [6.45, 7) is 6.94. The van der Waals surface area contributed by atoms with Crippen LogP contribution in [0.1, 0.15) is 18.3 Å². The van der Waals surface area contributed by atoms with E-state index in [0.717, 1.165) is 49.8 Å². The first-order chi connectivity index (χ1) is 14.2. The van der Waals surface area contributed by atoms with E-state index >= 15 is 0 Å². The Morgan fingerprint density at radius 3 is 2.48 bits per heavy atom. The van der Waals surface area contributed by atoms with Gasteiger partial charge in [-0.2, -0.15) is 0 Å². The van der Waals surface area contributed by atoms with E-state index in [-0.39, 0.29) is 5.56 Å². The maximum absolute atomic E-state index is 13.5. The molecular weight excluding hydrogens is 360 g/mol. The molecule has 2 aromatic carbocycles. The average Bonchev–Trinajstić information content (AvgIpc) is 2.75. The lowest BCUT2D eigenvalue weighted by atomic mass is 10.1. The predicted molar refractivity (Wildman–Crippen MR) is 118 cm³/mol. The van der Waals surface area contributed by atoms with E-state index in [0.29, 0.717) is 17.3 Å². The maximum atomic E-state index is 13.5. The molecule has 29 heavy (non-hydrogen) atoms. The van der Waals surface area contributed by atoms with Gasteiger partial charge in [0.15, 0.2) is 0 Å². The van der Waals surface area contributed by atoms with Gasteiger partial charge in [-0.05, 0) is 31.3 Å². The number of hydrogen-bond donors (Lipinski definition) is 0. The Hall–Kier alpha value is -2.94. The van der Waals surface area contributed by atoms with Crippen LogP contribution in [0.25, 0.3) is 16.6 Å². The number of para-hydroxylation sites is 1. The Morgan fingerprint density at radius 1 is 1.00 bits per heavy atom. The Labute approximate surface area is 171 Å². The van der Waals surface area contributed by atoms with E-state index in [9.17, 15) is 4.79 Å². The van der Waals surface area contributed by atoms with Crippen molar-refractivity contribution >= 4 is 10.9 Å². The molecule has 0 radical (unpaired) electrons. The van der Waals surface area contributed by atoms with Crippen LogP contribution in [0, 0.1) is 11.8 Å². The second kappa shape index (κ2) is 8.60. The third kappa shape index (κ3) is 4.09. The molecule has 148 valence electrons. The van der Waals surface area contributed by atoms with Crippen molar-refractivity contribution in [3.63, 3.8) is 0 Å². The summed E-state index contributed by atoms with van der Waals surface area (Å²) >= 11 is 0. The van der Waals surface area contributed by atoms with Crippen molar-refractivity contribution in [3.8, 4) is 17.5 Å². The zero-order valence-electron chi connectivity index (χ0n) is 17.1. The molecule has 5 nitrogen and oxygen atoms in total. The molecule has 0 atom stereocenters. The summed E-state index contributed by atoms with van der Waals surface area (Å²) in [6.07, 6.45) is 0.680. The second-order valence-corrected chi connectivity index (χ2v) is 7.44. The number of piperazine rings is 1. The fourth-order valence-electron chi connectivity index (χ4n) is 3.71. The third-order valence-corrected chi connectivity index (χ3v) is 5.42. The minimum absolute atomic E-state index is 0.0532. The summed E-state index contributed by atoms with van der Waals surface area (Å²) < 4.78 is 1.72. The van der Waals surface area contributed by atoms with Gasteiger partial charge in [0.05, 0.1) is 23.1 Å². The highest BCUT2D eigenvalue weighted by atomic mass is 16.1. The van der Waals surface area contributed by atoms with Gasteiger partial charge >= 0.3 is 0 Å². The molecule has 0 bridgehead atoms. The normalized spacial score (nSPS) is 15.2. The third-order valence-electron chi connectivity index (χ3n) is 5.42. The molecule has 3 aromatic rings. The molecule has 1 aliphatic heterocycles. The molecule has 2 heterocycles. The van der Waals surface area contributed by atoms with Gasteiger partial charge < -0.3 is 4.90 Å². The molecule has 1 aromatic heterocycles. The molecule has 0 saturated carbocycles. The molecule has 0 amide bonds. The van der Waals surface area contributed by atoms with Gasteiger partial charge in [-0.3, -0.25) is 14.3 Å². The minimum atomic E-state index is -0.0532. The smallest absolute Gasteiger partial charge is 0.267 e. The molecule has 1 saturated heterocycles. The van der Waals surface area contributed by atoms with E-state index in [1.165, 1.54) is 0 Å². The fourth-order valence-corrected chi connectivity index (χ4v) is 3.71. The van der Waals surface area contributed by atoms with Gasteiger partial charge in [-0.1, -0.05) is 43.0 Å². The van der Waals surface area contributed by atoms with Gasteiger partial charge in [0.25, 0.3) is 5.56 Å². The Kier molecular flexibility index (Phi) is 5.75. The number of rotatable bonds is 3. The van der Waals surface area contributed by atoms with Crippen LogP contribution in [0.4, 0.5) is 0 Å². The lowest BCUT2D eigenvalue weighted by molar-refractivity contribution is 0.168. The molecule has 0 unspecified atom stereocenters. The molecule has 0 spiro atoms. The van der Waals surface area contributed by atoms with Crippen LogP contribution in [0.15, 0.2) is 53.3 Å². The van der Waals surface area contributed by atoms with Crippen LogP contribution < -0.4 is 5.56 Å². The van der Waals surface area contributed by atoms with Gasteiger partial charge in [0.2, 0.25) is 0 Å². The molecule has 1 fully saturated rings. The number of hydrogen-bond acceptors (Lipinski definition) is 4. The average molecular weight is 386 g/mol. The SMILES string of the molecule is CCc1nc2cccc(C#CCN3CCN(C)CC3)c2c(=O)n1-c1ccccc1. The van der Waals surface area contributed by atoms with Crippen molar-refractivity contribution in [3.05, 3.63) is 70.3 Å². The van der Waals surface area contributed by atoms with Crippen LogP contribution in [0.3, 0.4) is 0 Å². The standard InChI is InChI=1S/C24H26N4O/c1-3-22-25-21-13-7-9-19(10-8-14-27-17-15-26(2)16-18-27)23(21)24(29)28(22)20-11-5-4-6-12-20/h4-7,9,11-13H,3,14-18H2,1-2H3. The molecule has 4 rings (SSSR count). The number of likely N-dealkylation sites (N-methyl/N-ethyl adjacent to an activating group) is 1. The molecule has 0 aliphatic carbocycles. The van der Waals surface area contributed by atoms with E-state index in [1.807, 2.05) is 55.5 Å². The van der Waals surface area contributed by atoms with Crippen molar-refractivity contribution in [1.29, 1.82) is 0 Å². The number of aryl methyl sites for hydroxylation is 1. The monoisotopic (exact) mass is 386 g/mol. The van der Waals surface area contributed by atoms with Crippen LogP contribution in [-0.4, -0.2) is 59.1 Å². The number of benzene rings is 2. The Morgan fingerprint density at radius 2 is 1.76 bits per heavy atom. The Bertz CT molecular complexity index is 1120. The van der Waals surface area contributed by atoms with Gasteiger partial charge in [0, 0.05) is 38.2 Å². The lowest BCUT2D eigenvalue weighted by Crippen LogP contribution is -2.44. The first-order valence-corrected chi connectivity index (χ1v) is 10.2. The highest BCUT2D eigenvalue weighted by Gasteiger charge is 2.14. The first kappa shape index (κ1) is 19.4. The lowest BCUT2D eigenvalue weighted by Gasteiger charge is -2.30. The van der Waals surface area contributed by atoms with Gasteiger partial charge in [-0.25, -0.2) is 4.98 Å². The fraction of sp³-hybridized carbons (Fsp3) is 0.333. The number of aromatic nitrogens is 2. The number of nitrogens with zero attached hydrogens (tertiary/aromatic N) is 4. The van der Waals surface area contributed by atoms with Crippen molar-refractivity contribution in [2.45, 2.75) is 13.3 Å². The summed E-state index contributed by atoms with van der Waals surface area (Å²) in [5.74, 6) is 7.28. The predicted octanol–water partition coefficient (Wildman–Crippen LogP) is 2.55. The quantitative estimate of drug-likeness (QED) is 0.649. The highest BCUT2D eigenvalue weighted by molar-refractivity contribution is 5.84. The topological polar surface area (TPSA) is 41.4 Å². The van der Waals surface area contributed by atoms with Crippen LogP contribution >= 0.6 is 0 Å². The zero-order valence-corrected chi connectivity index (χ0v) is 17.1. The zero-order chi connectivity index (χ0) is 20.2. The summed E-state index contributed by atoms with van der Waals surface area (Å²) in [7, 11) is 2.15. The second-order valence-electron chi connectivity index (χ2n) is 7.44. The maximum Gasteiger partial charge on any atom is 0.267 e. The molecule has 1 aliphatic rings. The van der Waals surface area contributed by atoms with E-state index in [4.69, 9.17) is 4.98 Å². The van der Waals surface area contributed by atoms with E-state index in [2.05, 4.69) is 28.7 Å². The summed E-state index contributed by atoms with van der Waals surface area (Å²) in [5.41, 5.74) is 2.25. The molecular formula is C24H26N4O. The highest BCUT2D eigenvalue weighted by Crippen LogP contribution is 2.16. The Balaban J connectivity index is 1.75. The summed E-state index contributed by atoms with van der Waals surface area (Å²) in [4.78, 5) is 22.9. The minimum Gasteiger partial charge on any atom is -0.304 e. The first-order valence-electron chi connectivity index (χ1n) is 10.2. The van der Waals surface area contributed by atoms with E-state index < -0.39 is 0 Å². The van der Waals surface area contributed by atoms with Crippen LogP contribution in [-0.2, 0) is 6.42 Å². The van der Waals surface area contributed by atoms with Crippen molar-refractivity contribution < 1.29 is 0 Å². The molecule has 5 heteroatoms. The molecule has 0 N–H and O–H groups in total. The summed E-state index contributed by atoms with van der Waals surface area (Å²) in [6, 6.07) is 15.5. The van der Waals surface area contributed by atoms with Crippen molar-refractivity contribution in [2.75, 3.05) is 39.8 Å². The summed E-state index contributed by atoms with van der Waals surface area (Å²) in [5, 5.41) is 0.597. The van der Waals surface area contributed by atoms with E-state index in [1.54, 1.807) is 4.57 Å². The largest absolute Gasteiger partial charge is 0.304 e. The van der Waals surface area contributed by atoms with Crippen molar-refractivity contribution in [2.24, 2.45) is 0 Å². The van der Waals surface area contributed by atoms with Crippen molar-refractivity contribution in [1.82, 2.24) is 19.4 Å².